The number of ether oxygens (including phenoxy) is 1. The fraction of sp³-hybridized carbons (Fsp3) is 0.524. The van der Waals surface area contributed by atoms with Crippen molar-refractivity contribution in [2.75, 3.05) is 13.2 Å². The third kappa shape index (κ3) is 4.81. The highest BCUT2D eigenvalue weighted by atomic mass is 19.1. The van der Waals surface area contributed by atoms with Crippen LogP contribution in [0.1, 0.15) is 38.2 Å². The summed E-state index contributed by atoms with van der Waals surface area (Å²) < 4.78 is 17.9. The van der Waals surface area contributed by atoms with Gasteiger partial charge in [0.25, 0.3) is 5.91 Å². The SMILES string of the molecule is C[C@@H](C(=O)OCC(=O)NCCc1ccc(F)cc1)N1C(=O)[C@H]2CCCC[C@H]2C1=O. The molecule has 1 N–H and O–H groups in total. The lowest BCUT2D eigenvalue weighted by atomic mass is 9.81. The maximum absolute atomic E-state index is 12.9. The number of rotatable bonds is 7. The summed E-state index contributed by atoms with van der Waals surface area (Å²) >= 11 is 0. The molecular formula is C21H25FN2O5. The molecule has 8 heteroatoms. The summed E-state index contributed by atoms with van der Waals surface area (Å²) in [6, 6.07) is 4.90. The Kier molecular flexibility index (Phi) is 6.61. The average Bonchev–Trinajstić information content (AvgIpc) is 2.98. The van der Waals surface area contributed by atoms with E-state index in [1.165, 1.54) is 19.1 Å². The number of amides is 3. The number of imide groups is 1. The van der Waals surface area contributed by atoms with Gasteiger partial charge in [0.2, 0.25) is 11.8 Å². The number of nitrogens with one attached hydrogen (secondary N) is 1. The normalized spacial score (nSPS) is 22.2. The van der Waals surface area contributed by atoms with Crippen LogP contribution in [0.25, 0.3) is 0 Å². The van der Waals surface area contributed by atoms with Gasteiger partial charge in [-0.05, 0) is 43.9 Å². The van der Waals surface area contributed by atoms with Crippen molar-refractivity contribution in [3.63, 3.8) is 0 Å². The molecule has 1 heterocycles. The van der Waals surface area contributed by atoms with Gasteiger partial charge in [0.15, 0.2) is 6.61 Å². The Morgan fingerprint density at radius 3 is 2.31 bits per heavy atom. The molecule has 1 saturated heterocycles. The summed E-state index contributed by atoms with van der Waals surface area (Å²) in [5, 5.41) is 2.61. The summed E-state index contributed by atoms with van der Waals surface area (Å²) in [5.41, 5.74) is 0.866. The van der Waals surface area contributed by atoms with E-state index in [1.807, 2.05) is 0 Å². The third-order valence-corrected chi connectivity index (χ3v) is 5.60. The van der Waals surface area contributed by atoms with E-state index >= 15 is 0 Å². The third-order valence-electron chi connectivity index (χ3n) is 5.60. The van der Waals surface area contributed by atoms with E-state index in [2.05, 4.69) is 5.32 Å². The lowest BCUT2D eigenvalue weighted by Gasteiger charge is -2.21. The van der Waals surface area contributed by atoms with Crippen LogP contribution in [0.4, 0.5) is 4.39 Å². The van der Waals surface area contributed by atoms with Gasteiger partial charge in [0.1, 0.15) is 11.9 Å². The van der Waals surface area contributed by atoms with Crippen LogP contribution >= 0.6 is 0 Å². The summed E-state index contributed by atoms with van der Waals surface area (Å²) in [6.07, 6.45) is 3.67. The molecule has 29 heavy (non-hydrogen) atoms. The lowest BCUT2D eigenvalue weighted by molar-refractivity contribution is -0.159. The van der Waals surface area contributed by atoms with E-state index in [4.69, 9.17) is 4.74 Å². The minimum absolute atomic E-state index is 0.310. The van der Waals surface area contributed by atoms with Crippen LogP contribution in [0.15, 0.2) is 24.3 Å². The van der Waals surface area contributed by atoms with E-state index in [9.17, 15) is 23.6 Å². The molecule has 0 aromatic heterocycles. The van der Waals surface area contributed by atoms with Crippen LogP contribution < -0.4 is 5.32 Å². The molecule has 1 aromatic carbocycles. The van der Waals surface area contributed by atoms with Crippen LogP contribution in [-0.2, 0) is 30.3 Å². The molecule has 2 aliphatic rings. The molecule has 0 unspecified atom stereocenters. The first-order chi connectivity index (χ1) is 13.9. The molecule has 0 spiro atoms. The van der Waals surface area contributed by atoms with Crippen molar-refractivity contribution in [1.29, 1.82) is 0 Å². The first kappa shape index (κ1) is 21.0. The molecule has 156 valence electrons. The predicted molar refractivity (Wildman–Crippen MR) is 101 cm³/mol. The van der Waals surface area contributed by atoms with Crippen molar-refractivity contribution >= 4 is 23.7 Å². The zero-order valence-electron chi connectivity index (χ0n) is 16.4. The van der Waals surface area contributed by atoms with E-state index in [-0.39, 0.29) is 29.5 Å². The zero-order valence-corrected chi connectivity index (χ0v) is 16.4. The fourth-order valence-electron chi connectivity index (χ4n) is 3.98. The molecule has 7 nitrogen and oxygen atoms in total. The Hall–Kier alpha value is -2.77. The van der Waals surface area contributed by atoms with E-state index in [0.29, 0.717) is 25.8 Å². The Morgan fingerprint density at radius 1 is 1.14 bits per heavy atom. The molecule has 3 atom stereocenters. The molecule has 1 aliphatic carbocycles. The minimum atomic E-state index is -1.05. The van der Waals surface area contributed by atoms with Crippen LogP contribution in [-0.4, -0.2) is 47.8 Å². The maximum atomic E-state index is 12.9. The van der Waals surface area contributed by atoms with Gasteiger partial charge in [0, 0.05) is 6.54 Å². The van der Waals surface area contributed by atoms with Crippen molar-refractivity contribution < 1.29 is 28.3 Å². The quantitative estimate of drug-likeness (QED) is 0.550. The van der Waals surface area contributed by atoms with Gasteiger partial charge in [-0.3, -0.25) is 19.3 Å². The van der Waals surface area contributed by atoms with Gasteiger partial charge >= 0.3 is 5.97 Å². The van der Waals surface area contributed by atoms with Crippen LogP contribution in [0, 0.1) is 17.7 Å². The number of halogens is 1. The topological polar surface area (TPSA) is 92.8 Å². The highest BCUT2D eigenvalue weighted by Gasteiger charge is 2.51. The number of carbonyl (C=O) groups is 4. The van der Waals surface area contributed by atoms with Gasteiger partial charge in [-0.2, -0.15) is 0 Å². The first-order valence-corrected chi connectivity index (χ1v) is 9.93. The second-order valence-electron chi connectivity index (χ2n) is 7.55. The molecular weight excluding hydrogens is 379 g/mol. The van der Waals surface area contributed by atoms with Crippen LogP contribution in [0.5, 0.6) is 0 Å². The smallest absolute Gasteiger partial charge is 0.329 e. The molecule has 2 fully saturated rings. The van der Waals surface area contributed by atoms with Crippen molar-refractivity contribution in [3.05, 3.63) is 35.6 Å². The molecule has 1 saturated carbocycles. The number of nitrogens with zero attached hydrogens (tertiary/aromatic N) is 1. The van der Waals surface area contributed by atoms with Crippen LogP contribution in [0.3, 0.4) is 0 Å². The second kappa shape index (κ2) is 9.15. The number of likely N-dealkylation sites (tertiary alicyclic amines) is 1. The van der Waals surface area contributed by atoms with Crippen molar-refractivity contribution in [1.82, 2.24) is 10.2 Å². The minimum Gasteiger partial charge on any atom is -0.454 e. The fourth-order valence-corrected chi connectivity index (χ4v) is 3.98. The largest absolute Gasteiger partial charge is 0.454 e. The van der Waals surface area contributed by atoms with Gasteiger partial charge < -0.3 is 10.1 Å². The van der Waals surface area contributed by atoms with E-state index in [1.54, 1.807) is 12.1 Å². The zero-order chi connectivity index (χ0) is 21.0. The summed E-state index contributed by atoms with van der Waals surface area (Å²) in [4.78, 5) is 50.2. The Bertz CT molecular complexity index is 771. The number of fused-ring (bicyclic) bond motifs is 1. The summed E-state index contributed by atoms with van der Waals surface area (Å²) in [6.45, 7) is 1.27. The van der Waals surface area contributed by atoms with Crippen molar-refractivity contribution in [2.24, 2.45) is 11.8 Å². The Morgan fingerprint density at radius 2 is 1.72 bits per heavy atom. The molecule has 3 rings (SSSR count). The standard InChI is InChI=1S/C21H25FN2O5/c1-13(24-19(26)16-4-2-3-5-17(16)20(24)27)21(28)29-12-18(25)23-11-10-14-6-8-15(22)9-7-14/h6-9,13,16-17H,2-5,10-12H2,1H3,(H,23,25)/t13-,16-,17+/m0/s1. The summed E-state index contributed by atoms with van der Waals surface area (Å²) in [5.74, 6) is -2.88. The predicted octanol–water partition coefficient (Wildman–Crippen LogP) is 1.59. The molecule has 0 radical (unpaired) electrons. The van der Waals surface area contributed by atoms with E-state index < -0.39 is 24.5 Å². The number of esters is 1. The van der Waals surface area contributed by atoms with Gasteiger partial charge in [-0.25, -0.2) is 9.18 Å². The lowest BCUT2D eigenvalue weighted by Crippen LogP contribution is -2.45. The first-order valence-electron chi connectivity index (χ1n) is 9.93. The number of hydrogen-bond donors (Lipinski definition) is 1. The monoisotopic (exact) mass is 404 g/mol. The number of carbonyl (C=O) groups excluding carboxylic acids is 4. The Labute approximate surface area is 168 Å². The number of hydrogen-bond acceptors (Lipinski definition) is 5. The Balaban J connectivity index is 1.43. The van der Waals surface area contributed by atoms with Crippen LogP contribution in [0.2, 0.25) is 0 Å². The van der Waals surface area contributed by atoms with Gasteiger partial charge in [-0.15, -0.1) is 0 Å². The molecule has 1 aromatic rings. The highest BCUT2D eigenvalue weighted by molar-refractivity contribution is 6.07. The summed E-state index contributed by atoms with van der Waals surface area (Å²) in [7, 11) is 0. The van der Waals surface area contributed by atoms with E-state index in [0.717, 1.165) is 23.3 Å². The average molecular weight is 404 g/mol. The molecule has 1 aliphatic heterocycles. The van der Waals surface area contributed by atoms with Gasteiger partial charge in [-0.1, -0.05) is 25.0 Å². The molecule has 3 amide bonds. The van der Waals surface area contributed by atoms with Gasteiger partial charge in [0.05, 0.1) is 11.8 Å². The highest BCUT2D eigenvalue weighted by Crippen LogP contribution is 2.38. The second-order valence-corrected chi connectivity index (χ2v) is 7.55. The van der Waals surface area contributed by atoms with Crippen molar-refractivity contribution in [3.8, 4) is 0 Å². The maximum Gasteiger partial charge on any atom is 0.329 e. The van der Waals surface area contributed by atoms with Crippen molar-refractivity contribution in [2.45, 2.75) is 45.1 Å². The number of benzene rings is 1. The molecule has 0 bridgehead atoms.